The molecule has 3 heteroatoms. The fraction of sp³-hybridized carbons (Fsp3) is 1.00. The van der Waals surface area contributed by atoms with Crippen molar-refractivity contribution in [3.8, 4) is 0 Å². The Morgan fingerprint density at radius 2 is 2.09 bits per heavy atom. The molecule has 0 aliphatic carbocycles. The van der Waals surface area contributed by atoms with Crippen molar-refractivity contribution >= 4 is 0 Å². The van der Waals surface area contributed by atoms with Gasteiger partial charge in [0.2, 0.25) is 0 Å². The lowest BCUT2D eigenvalue weighted by atomic mass is 10.1. The molecule has 3 N–H and O–H groups in total. The van der Waals surface area contributed by atoms with Gasteiger partial charge in [-0.05, 0) is 19.8 Å². The van der Waals surface area contributed by atoms with E-state index in [1.807, 2.05) is 0 Å². The third-order valence-electron chi connectivity index (χ3n) is 1.67. The van der Waals surface area contributed by atoms with Crippen LogP contribution in [0.1, 0.15) is 26.7 Å². The van der Waals surface area contributed by atoms with Crippen molar-refractivity contribution in [3.63, 3.8) is 0 Å². The van der Waals surface area contributed by atoms with E-state index in [1.165, 1.54) is 0 Å². The van der Waals surface area contributed by atoms with Gasteiger partial charge >= 0.3 is 0 Å². The van der Waals surface area contributed by atoms with Gasteiger partial charge in [-0.15, -0.1) is 0 Å². The minimum Gasteiger partial charge on any atom is -0.396 e. The molecule has 3 nitrogen and oxygen atoms in total. The SMILES string of the molecule is CCC(CCO)NC[C@H](C)O. The predicted octanol–water partition coefficient (Wildman–Crippen LogP) is 0.118. The van der Waals surface area contributed by atoms with Crippen molar-refractivity contribution < 1.29 is 10.2 Å². The summed E-state index contributed by atoms with van der Waals surface area (Å²) in [6, 6.07) is 0.342. The van der Waals surface area contributed by atoms with Gasteiger partial charge < -0.3 is 15.5 Å². The van der Waals surface area contributed by atoms with Crippen molar-refractivity contribution in [2.24, 2.45) is 0 Å². The zero-order chi connectivity index (χ0) is 8.69. The first-order chi connectivity index (χ1) is 5.20. The largest absolute Gasteiger partial charge is 0.396 e. The molecule has 0 aromatic rings. The van der Waals surface area contributed by atoms with Crippen LogP contribution < -0.4 is 5.32 Å². The maximum absolute atomic E-state index is 8.94. The Hall–Kier alpha value is -0.120. The number of nitrogens with one attached hydrogen (secondary N) is 1. The van der Waals surface area contributed by atoms with Crippen LogP contribution in [0.25, 0.3) is 0 Å². The van der Waals surface area contributed by atoms with Crippen LogP contribution in [-0.2, 0) is 0 Å². The van der Waals surface area contributed by atoms with E-state index in [-0.39, 0.29) is 12.7 Å². The van der Waals surface area contributed by atoms with Crippen LogP contribution in [0.4, 0.5) is 0 Å². The molecule has 1 unspecified atom stereocenters. The lowest BCUT2D eigenvalue weighted by Crippen LogP contribution is -2.34. The van der Waals surface area contributed by atoms with Gasteiger partial charge in [0.1, 0.15) is 0 Å². The number of aliphatic hydroxyl groups is 2. The quantitative estimate of drug-likeness (QED) is 0.518. The Bertz CT molecular complexity index is 86.2. The van der Waals surface area contributed by atoms with E-state index >= 15 is 0 Å². The first kappa shape index (κ1) is 10.9. The third-order valence-corrected chi connectivity index (χ3v) is 1.67. The molecule has 0 saturated heterocycles. The van der Waals surface area contributed by atoms with Crippen molar-refractivity contribution in [2.75, 3.05) is 13.2 Å². The smallest absolute Gasteiger partial charge is 0.0636 e. The van der Waals surface area contributed by atoms with Crippen LogP contribution in [0.15, 0.2) is 0 Å². The highest BCUT2D eigenvalue weighted by atomic mass is 16.3. The van der Waals surface area contributed by atoms with Gasteiger partial charge in [-0.25, -0.2) is 0 Å². The molecule has 0 saturated carbocycles. The van der Waals surface area contributed by atoms with E-state index in [1.54, 1.807) is 6.92 Å². The Kier molecular flexibility index (Phi) is 6.51. The first-order valence-corrected chi connectivity index (χ1v) is 4.23. The standard InChI is InChI=1S/C8H19NO2/c1-3-8(4-5-10)9-6-7(2)11/h7-11H,3-6H2,1-2H3/t7-,8?/m0/s1. The maximum Gasteiger partial charge on any atom is 0.0636 e. The van der Waals surface area contributed by atoms with E-state index in [2.05, 4.69) is 12.2 Å². The molecule has 0 heterocycles. The molecular weight excluding hydrogens is 142 g/mol. The van der Waals surface area contributed by atoms with E-state index < -0.39 is 0 Å². The summed E-state index contributed by atoms with van der Waals surface area (Å²) in [5.41, 5.74) is 0. The molecule has 0 radical (unpaired) electrons. The predicted molar refractivity (Wildman–Crippen MR) is 45.5 cm³/mol. The van der Waals surface area contributed by atoms with Crippen LogP contribution in [-0.4, -0.2) is 35.5 Å². The molecule has 0 amide bonds. The van der Waals surface area contributed by atoms with Gasteiger partial charge in [-0.3, -0.25) is 0 Å². The van der Waals surface area contributed by atoms with Crippen LogP contribution in [0.2, 0.25) is 0 Å². The molecular formula is C8H19NO2. The fourth-order valence-electron chi connectivity index (χ4n) is 0.944. The summed E-state index contributed by atoms with van der Waals surface area (Å²) in [6.07, 6.45) is 1.46. The fourth-order valence-corrected chi connectivity index (χ4v) is 0.944. The van der Waals surface area contributed by atoms with Gasteiger partial charge in [0.15, 0.2) is 0 Å². The van der Waals surface area contributed by atoms with Crippen molar-refractivity contribution in [1.82, 2.24) is 5.32 Å². The summed E-state index contributed by atoms with van der Waals surface area (Å²) in [5.74, 6) is 0. The van der Waals surface area contributed by atoms with E-state index in [0.29, 0.717) is 12.6 Å². The van der Waals surface area contributed by atoms with Crippen LogP contribution in [0.3, 0.4) is 0 Å². The average Bonchev–Trinajstić information content (AvgIpc) is 1.97. The summed E-state index contributed by atoms with van der Waals surface area (Å²) in [7, 11) is 0. The highest BCUT2D eigenvalue weighted by Gasteiger charge is 2.04. The number of rotatable bonds is 6. The lowest BCUT2D eigenvalue weighted by Gasteiger charge is -2.16. The summed E-state index contributed by atoms with van der Waals surface area (Å²) in [5, 5.41) is 20.7. The average molecular weight is 161 g/mol. The maximum atomic E-state index is 8.94. The number of hydrogen-bond donors (Lipinski definition) is 3. The van der Waals surface area contributed by atoms with Crippen molar-refractivity contribution in [2.45, 2.75) is 38.8 Å². The van der Waals surface area contributed by atoms with E-state index in [4.69, 9.17) is 10.2 Å². The molecule has 0 bridgehead atoms. The van der Waals surface area contributed by atoms with Crippen LogP contribution >= 0.6 is 0 Å². The molecule has 68 valence electrons. The van der Waals surface area contributed by atoms with Gasteiger partial charge in [0.05, 0.1) is 6.10 Å². The number of hydrogen-bond acceptors (Lipinski definition) is 3. The Balaban J connectivity index is 3.35. The second-order valence-corrected chi connectivity index (χ2v) is 2.87. The topological polar surface area (TPSA) is 52.5 Å². The minimum absolute atomic E-state index is 0.214. The Morgan fingerprint density at radius 3 is 2.45 bits per heavy atom. The molecule has 0 aromatic carbocycles. The zero-order valence-corrected chi connectivity index (χ0v) is 7.38. The molecule has 0 aliphatic rings. The summed E-state index contributed by atoms with van der Waals surface area (Å²) < 4.78 is 0. The zero-order valence-electron chi connectivity index (χ0n) is 7.38. The number of aliphatic hydroxyl groups excluding tert-OH is 2. The minimum atomic E-state index is -0.303. The molecule has 0 spiro atoms. The normalized spacial score (nSPS) is 16.4. The molecule has 11 heavy (non-hydrogen) atoms. The van der Waals surface area contributed by atoms with Gasteiger partial charge in [-0.1, -0.05) is 6.92 Å². The third kappa shape index (κ3) is 6.28. The Labute approximate surface area is 68.4 Å². The lowest BCUT2D eigenvalue weighted by molar-refractivity contribution is 0.180. The van der Waals surface area contributed by atoms with Crippen molar-refractivity contribution in [3.05, 3.63) is 0 Å². The second kappa shape index (κ2) is 6.58. The van der Waals surface area contributed by atoms with E-state index in [9.17, 15) is 0 Å². The highest BCUT2D eigenvalue weighted by Crippen LogP contribution is 1.95. The second-order valence-electron chi connectivity index (χ2n) is 2.87. The molecule has 2 atom stereocenters. The first-order valence-electron chi connectivity index (χ1n) is 4.23. The van der Waals surface area contributed by atoms with Gasteiger partial charge in [0, 0.05) is 19.2 Å². The van der Waals surface area contributed by atoms with E-state index in [0.717, 1.165) is 12.8 Å². The summed E-state index contributed by atoms with van der Waals surface area (Å²) in [4.78, 5) is 0. The molecule has 0 rings (SSSR count). The summed E-state index contributed by atoms with van der Waals surface area (Å²) in [6.45, 7) is 4.64. The monoisotopic (exact) mass is 161 g/mol. The molecule has 0 aliphatic heterocycles. The Morgan fingerprint density at radius 1 is 1.45 bits per heavy atom. The van der Waals surface area contributed by atoms with Gasteiger partial charge in [-0.2, -0.15) is 0 Å². The molecule has 0 aromatic heterocycles. The van der Waals surface area contributed by atoms with Crippen LogP contribution in [0, 0.1) is 0 Å². The van der Waals surface area contributed by atoms with Gasteiger partial charge in [0.25, 0.3) is 0 Å². The van der Waals surface area contributed by atoms with Crippen molar-refractivity contribution in [1.29, 1.82) is 0 Å². The molecule has 0 fully saturated rings. The highest BCUT2D eigenvalue weighted by molar-refractivity contribution is 4.65. The van der Waals surface area contributed by atoms with Crippen LogP contribution in [0.5, 0.6) is 0 Å². The summed E-state index contributed by atoms with van der Waals surface area (Å²) >= 11 is 0.